The van der Waals surface area contributed by atoms with Gasteiger partial charge >= 0.3 is 0 Å². The van der Waals surface area contributed by atoms with E-state index >= 15 is 0 Å². The molecule has 1 unspecified atom stereocenters. The minimum Gasteiger partial charge on any atom is -0.493 e. The molecular weight excluding hydrogens is 402 g/mol. The lowest BCUT2D eigenvalue weighted by molar-refractivity contribution is 0.318. The number of nitrogens with one attached hydrogen (secondary N) is 1. The zero-order valence-corrected chi connectivity index (χ0v) is 18.9. The van der Waals surface area contributed by atoms with Crippen LogP contribution < -0.4 is 10.3 Å². The van der Waals surface area contributed by atoms with Crippen LogP contribution in [-0.2, 0) is 6.42 Å². The molecule has 0 fully saturated rings. The summed E-state index contributed by atoms with van der Waals surface area (Å²) in [5.41, 5.74) is 11.2. The van der Waals surface area contributed by atoms with E-state index in [1.807, 2.05) is 36.4 Å². The zero-order valence-electron chi connectivity index (χ0n) is 18.9. The highest BCUT2D eigenvalue weighted by molar-refractivity contribution is 5.83. The number of fused-ring (bicyclic) bond motifs is 1. The van der Waals surface area contributed by atoms with Crippen molar-refractivity contribution in [3.63, 3.8) is 0 Å². The van der Waals surface area contributed by atoms with E-state index in [0.717, 1.165) is 49.7 Å². The smallest absolute Gasteiger partial charge is 0.259 e. The molecule has 0 aliphatic rings. The van der Waals surface area contributed by atoms with Crippen LogP contribution in [-0.4, -0.2) is 22.6 Å². The number of ether oxygens (including phenoxy) is 1. The van der Waals surface area contributed by atoms with Gasteiger partial charge in [-0.1, -0.05) is 62.5 Å². The van der Waals surface area contributed by atoms with Crippen LogP contribution in [0.5, 0.6) is 5.75 Å². The number of aromatic nitrogens is 2. The topological polar surface area (TPSA) is 104 Å². The Balaban J connectivity index is 1.94. The van der Waals surface area contributed by atoms with Crippen molar-refractivity contribution in [2.45, 2.75) is 64.8 Å². The van der Waals surface area contributed by atoms with Crippen molar-refractivity contribution < 1.29 is 4.74 Å². The number of aryl methyl sites for hydroxylation is 1. The van der Waals surface area contributed by atoms with Crippen LogP contribution in [0.15, 0.2) is 52.4 Å². The lowest BCUT2D eigenvalue weighted by atomic mass is 9.99. The largest absolute Gasteiger partial charge is 0.493 e. The summed E-state index contributed by atoms with van der Waals surface area (Å²) in [6.07, 6.45) is 6.50. The third-order valence-corrected chi connectivity index (χ3v) is 5.53. The van der Waals surface area contributed by atoms with Gasteiger partial charge in [0.2, 0.25) is 0 Å². The fourth-order valence-corrected chi connectivity index (χ4v) is 3.84. The van der Waals surface area contributed by atoms with E-state index in [2.05, 4.69) is 28.9 Å². The Bertz CT molecular complexity index is 1130. The quantitative estimate of drug-likeness (QED) is 0.151. The number of hydrogen-bond donors (Lipinski definition) is 1. The predicted molar refractivity (Wildman–Crippen MR) is 129 cm³/mol. The molecule has 7 nitrogen and oxygen atoms in total. The number of azide groups is 1. The summed E-state index contributed by atoms with van der Waals surface area (Å²) in [5.74, 6) is 1.20. The molecular formula is C25H31N5O2. The van der Waals surface area contributed by atoms with E-state index < -0.39 is 0 Å². The van der Waals surface area contributed by atoms with Crippen LogP contribution in [0.3, 0.4) is 0 Å². The van der Waals surface area contributed by atoms with Crippen LogP contribution >= 0.6 is 0 Å². The molecule has 3 rings (SSSR count). The van der Waals surface area contributed by atoms with Crippen molar-refractivity contribution in [3.8, 4) is 17.1 Å². The Morgan fingerprint density at radius 1 is 1.09 bits per heavy atom. The summed E-state index contributed by atoms with van der Waals surface area (Å²) >= 11 is 0. The summed E-state index contributed by atoms with van der Waals surface area (Å²) in [5, 5.41) is 4.55. The molecule has 0 bridgehead atoms. The van der Waals surface area contributed by atoms with Crippen molar-refractivity contribution in [2.75, 3.05) is 6.61 Å². The molecule has 0 spiro atoms. The number of hydrogen-bond acceptors (Lipinski definition) is 4. The van der Waals surface area contributed by atoms with Gasteiger partial charge in [-0.25, -0.2) is 4.98 Å². The van der Waals surface area contributed by atoms with Gasteiger partial charge in [0.05, 0.1) is 23.1 Å². The zero-order chi connectivity index (χ0) is 22.8. The van der Waals surface area contributed by atoms with Gasteiger partial charge in [-0.05, 0) is 55.0 Å². The molecule has 168 valence electrons. The number of nitrogens with zero attached hydrogens (tertiary/aromatic N) is 4. The monoisotopic (exact) mass is 433 g/mol. The maximum atomic E-state index is 12.9. The molecule has 0 aliphatic heterocycles. The first kappa shape index (κ1) is 23.4. The Labute approximate surface area is 188 Å². The average molecular weight is 434 g/mol. The molecule has 32 heavy (non-hydrogen) atoms. The summed E-state index contributed by atoms with van der Waals surface area (Å²) in [4.78, 5) is 23.6. The molecule has 1 N–H and O–H groups in total. The van der Waals surface area contributed by atoms with Gasteiger partial charge in [-0.15, -0.1) is 0 Å². The van der Waals surface area contributed by atoms with Gasteiger partial charge in [0.25, 0.3) is 5.56 Å². The van der Waals surface area contributed by atoms with Gasteiger partial charge < -0.3 is 9.72 Å². The lowest BCUT2D eigenvalue weighted by Crippen LogP contribution is -2.12. The Morgan fingerprint density at radius 3 is 2.72 bits per heavy atom. The van der Waals surface area contributed by atoms with E-state index in [1.54, 1.807) is 6.07 Å². The maximum absolute atomic E-state index is 12.9. The standard InChI is InChI=1S/C25H31N5O2/c1-3-5-6-11-19(29-30-26)16-15-18-10-9-13-21-23(18)27-24(28-25(21)31)20-12-7-8-14-22(20)32-17-4-2/h7-10,12-14,19H,3-6,11,15-17H2,1-2H3,(H,27,28,31). The number of benzene rings is 2. The van der Waals surface area contributed by atoms with Crippen molar-refractivity contribution in [1.82, 2.24) is 9.97 Å². The lowest BCUT2D eigenvalue weighted by Gasteiger charge is -2.13. The van der Waals surface area contributed by atoms with E-state index in [-0.39, 0.29) is 11.6 Å². The number of para-hydroxylation sites is 2. The average Bonchev–Trinajstić information content (AvgIpc) is 2.81. The first-order chi connectivity index (χ1) is 15.7. The normalized spacial score (nSPS) is 11.8. The predicted octanol–water partition coefficient (Wildman–Crippen LogP) is 6.57. The van der Waals surface area contributed by atoms with E-state index in [9.17, 15) is 4.79 Å². The fraction of sp³-hybridized carbons (Fsp3) is 0.440. The van der Waals surface area contributed by atoms with Crippen LogP contribution in [0.4, 0.5) is 0 Å². The van der Waals surface area contributed by atoms with Crippen molar-refractivity contribution >= 4 is 10.9 Å². The second-order valence-corrected chi connectivity index (χ2v) is 7.97. The van der Waals surface area contributed by atoms with Crippen LogP contribution in [0.25, 0.3) is 32.7 Å². The van der Waals surface area contributed by atoms with Crippen LogP contribution in [0, 0.1) is 0 Å². The molecule has 0 amide bonds. The Morgan fingerprint density at radius 2 is 1.94 bits per heavy atom. The molecule has 2 aromatic carbocycles. The first-order valence-electron chi connectivity index (χ1n) is 11.5. The molecule has 0 saturated heterocycles. The van der Waals surface area contributed by atoms with E-state index in [4.69, 9.17) is 15.3 Å². The highest BCUT2D eigenvalue weighted by Gasteiger charge is 2.14. The third-order valence-electron chi connectivity index (χ3n) is 5.53. The maximum Gasteiger partial charge on any atom is 0.259 e. The summed E-state index contributed by atoms with van der Waals surface area (Å²) in [6, 6.07) is 13.2. The molecule has 1 heterocycles. The van der Waals surface area contributed by atoms with Gasteiger partial charge in [0, 0.05) is 11.0 Å². The fourth-order valence-electron chi connectivity index (χ4n) is 3.84. The van der Waals surface area contributed by atoms with Crippen LogP contribution in [0.1, 0.15) is 57.9 Å². The first-order valence-corrected chi connectivity index (χ1v) is 11.5. The number of rotatable bonds is 12. The van der Waals surface area contributed by atoms with Crippen molar-refractivity contribution in [1.29, 1.82) is 0 Å². The Kier molecular flexibility index (Phi) is 8.70. The number of aromatic amines is 1. The van der Waals surface area contributed by atoms with Gasteiger partial charge in [-0.3, -0.25) is 4.79 Å². The second kappa shape index (κ2) is 11.9. The van der Waals surface area contributed by atoms with Crippen molar-refractivity contribution in [3.05, 3.63) is 68.8 Å². The van der Waals surface area contributed by atoms with Crippen LogP contribution in [0.2, 0.25) is 0 Å². The molecule has 0 radical (unpaired) electrons. The highest BCUT2D eigenvalue weighted by Crippen LogP contribution is 2.28. The number of H-pyrrole nitrogens is 1. The minimum atomic E-state index is -0.174. The van der Waals surface area contributed by atoms with E-state index in [0.29, 0.717) is 35.5 Å². The van der Waals surface area contributed by atoms with Crippen molar-refractivity contribution in [2.24, 2.45) is 5.11 Å². The summed E-state index contributed by atoms with van der Waals surface area (Å²) < 4.78 is 5.87. The third kappa shape index (κ3) is 5.89. The SMILES string of the molecule is CCCCCC(CCc1cccc2c(=O)[nH]c(-c3ccccc3OCCC)nc12)N=[N+]=[N-]. The Hall–Kier alpha value is -3.31. The number of unbranched alkanes of at least 4 members (excludes halogenated alkanes) is 2. The van der Waals surface area contributed by atoms with Gasteiger partial charge in [0.1, 0.15) is 11.6 Å². The van der Waals surface area contributed by atoms with E-state index in [1.165, 1.54) is 0 Å². The molecule has 0 aliphatic carbocycles. The van der Waals surface area contributed by atoms with Gasteiger partial charge in [0.15, 0.2) is 0 Å². The molecule has 1 aromatic heterocycles. The molecule has 0 saturated carbocycles. The molecule has 7 heteroatoms. The molecule has 1 atom stereocenters. The summed E-state index contributed by atoms with van der Waals surface area (Å²) in [6.45, 7) is 4.81. The molecule has 3 aromatic rings. The second-order valence-electron chi connectivity index (χ2n) is 7.97. The highest BCUT2D eigenvalue weighted by atomic mass is 16.5. The summed E-state index contributed by atoms with van der Waals surface area (Å²) in [7, 11) is 0. The minimum absolute atomic E-state index is 0.0496. The van der Waals surface area contributed by atoms with Gasteiger partial charge in [-0.2, -0.15) is 0 Å².